The van der Waals surface area contributed by atoms with E-state index < -0.39 is 9.84 Å². The molecule has 0 saturated carbocycles. The summed E-state index contributed by atoms with van der Waals surface area (Å²) in [6.45, 7) is 4.67. The molecule has 1 fully saturated rings. The molecule has 0 N–H and O–H groups in total. The summed E-state index contributed by atoms with van der Waals surface area (Å²) in [5.74, 6) is 0.311. The van der Waals surface area contributed by atoms with Crippen molar-refractivity contribution in [2.45, 2.75) is 36.6 Å². The fraction of sp³-hybridized carbons (Fsp3) is 0.533. The van der Waals surface area contributed by atoms with Gasteiger partial charge < -0.3 is 4.74 Å². The Bertz CT molecular complexity index is 716. The van der Waals surface area contributed by atoms with Crippen LogP contribution in [0.5, 0.6) is 0 Å². The Morgan fingerprint density at radius 2 is 2.14 bits per heavy atom. The number of aromatic nitrogens is 1. The topological polar surface area (TPSA) is 56.3 Å². The van der Waals surface area contributed by atoms with E-state index in [9.17, 15) is 8.42 Å². The van der Waals surface area contributed by atoms with Crippen LogP contribution in [-0.4, -0.2) is 31.4 Å². The van der Waals surface area contributed by atoms with Gasteiger partial charge in [-0.05, 0) is 44.7 Å². The van der Waals surface area contributed by atoms with E-state index in [1.54, 1.807) is 0 Å². The second-order valence-electron chi connectivity index (χ2n) is 6.20. The second-order valence-corrected chi connectivity index (χ2v) is 9.43. The number of thiazole rings is 1. The van der Waals surface area contributed by atoms with Crippen molar-refractivity contribution in [3.63, 3.8) is 0 Å². The fourth-order valence-electron chi connectivity index (χ4n) is 2.87. The molecule has 0 radical (unpaired) electrons. The smallest absolute Gasteiger partial charge is 0.210 e. The SMILES string of the molecule is CC1(C)CC(CS(=O)(=O)c2nc3ccccc3s2)CCO1. The molecule has 1 aromatic heterocycles. The van der Waals surface area contributed by atoms with Crippen molar-refractivity contribution in [2.24, 2.45) is 5.92 Å². The first kappa shape index (κ1) is 14.9. The monoisotopic (exact) mass is 325 g/mol. The van der Waals surface area contributed by atoms with Crippen molar-refractivity contribution in [2.75, 3.05) is 12.4 Å². The Labute approximate surface area is 129 Å². The summed E-state index contributed by atoms with van der Waals surface area (Å²) < 4.78 is 32.0. The van der Waals surface area contributed by atoms with Crippen LogP contribution in [0.2, 0.25) is 0 Å². The number of ether oxygens (including phenoxy) is 1. The van der Waals surface area contributed by atoms with Crippen LogP contribution in [0, 0.1) is 5.92 Å². The zero-order valence-corrected chi connectivity index (χ0v) is 13.8. The first-order valence-corrected chi connectivity index (χ1v) is 9.55. The number of para-hydroxylation sites is 1. The third-order valence-electron chi connectivity index (χ3n) is 3.79. The molecule has 3 rings (SSSR count). The number of fused-ring (bicyclic) bond motifs is 1. The van der Waals surface area contributed by atoms with E-state index in [1.165, 1.54) is 11.3 Å². The number of hydrogen-bond acceptors (Lipinski definition) is 5. The Hall–Kier alpha value is -0.980. The second kappa shape index (κ2) is 5.34. The van der Waals surface area contributed by atoms with Gasteiger partial charge in [-0.25, -0.2) is 13.4 Å². The summed E-state index contributed by atoms with van der Waals surface area (Å²) in [7, 11) is -3.32. The maximum atomic E-state index is 12.6. The van der Waals surface area contributed by atoms with Gasteiger partial charge in [0.1, 0.15) is 0 Å². The minimum atomic E-state index is -3.32. The van der Waals surface area contributed by atoms with Gasteiger partial charge in [-0.1, -0.05) is 12.1 Å². The molecule has 0 amide bonds. The zero-order chi connectivity index (χ0) is 15.1. The van der Waals surface area contributed by atoms with Crippen molar-refractivity contribution < 1.29 is 13.2 Å². The van der Waals surface area contributed by atoms with Crippen LogP contribution < -0.4 is 0 Å². The van der Waals surface area contributed by atoms with Gasteiger partial charge >= 0.3 is 0 Å². The minimum absolute atomic E-state index is 0.144. The van der Waals surface area contributed by atoms with E-state index in [-0.39, 0.29) is 21.6 Å². The van der Waals surface area contributed by atoms with Crippen molar-refractivity contribution >= 4 is 31.4 Å². The van der Waals surface area contributed by atoms with Crippen molar-refractivity contribution in [3.8, 4) is 0 Å². The first-order valence-electron chi connectivity index (χ1n) is 7.08. The fourth-order valence-corrected chi connectivity index (χ4v) is 5.83. The molecule has 4 nitrogen and oxygen atoms in total. The van der Waals surface area contributed by atoms with E-state index in [1.807, 2.05) is 38.1 Å². The molecule has 1 saturated heterocycles. The predicted octanol–water partition coefficient (Wildman–Crippen LogP) is 3.28. The van der Waals surface area contributed by atoms with Gasteiger partial charge in [0.05, 0.1) is 21.6 Å². The largest absolute Gasteiger partial charge is 0.376 e. The standard InChI is InChI=1S/C15H19NO3S2/c1-15(2)9-11(7-8-19-15)10-21(17,18)14-16-12-5-3-4-6-13(12)20-14/h3-6,11H,7-10H2,1-2H3. The van der Waals surface area contributed by atoms with Crippen LogP contribution in [0.3, 0.4) is 0 Å². The molecule has 21 heavy (non-hydrogen) atoms. The molecule has 1 aliphatic heterocycles. The van der Waals surface area contributed by atoms with E-state index in [4.69, 9.17) is 4.74 Å². The Balaban J connectivity index is 1.83. The summed E-state index contributed by atoms with van der Waals surface area (Å²) in [6, 6.07) is 7.53. The molecule has 0 aliphatic carbocycles. The van der Waals surface area contributed by atoms with Gasteiger partial charge in [-0.2, -0.15) is 0 Å². The molecular weight excluding hydrogens is 306 g/mol. The first-order chi connectivity index (χ1) is 9.86. The number of sulfone groups is 1. The van der Waals surface area contributed by atoms with E-state index in [2.05, 4.69) is 4.98 Å². The van der Waals surface area contributed by atoms with Gasteiger partial charge in [0.2, 0.25) is 14.2 Å². The van der Waals surface area contributed by atoms with E-state index in [0.29, 0.717) is 6.61 Å². The van der Waals surface area contributed by atoms with Crippen LogP contribution >= 0.6 is 11.3 Å². The van der Waals surface area contributed by atoms with Crippen LogP contribution in [0.15, 0.2) is 28.6 Å². The molecule has 114 valence electrons. The normalized spacial score (nSPS) is 22.5. The van der Waals surface area contributed by atoms with Gasteiger partial charge in [-0.15, -0.1) is 11.3 Å². The van der Waals surface area contributed by atoms with Crippen molar-refractivity contribution in [1.82, 2.24) is 4.98 Å². The Morgan fingerprint density at radius 3 is 2.86 bits per heavy atom. The van der Waals surface area contributed by atoms with Crippen LogP contribution in [0.25, 0.3) is 10.2 Å². The Morgan fingerprint density at radius 1 is 1.38 bits per heavy atom. The molecule has 0 bridgehead atoms. The summed E-state index contributed by atoms with van der Waals surface area (Å²) in [6.07, 6.45) is 1.57. The van der Waals surface area contributed by atoms with E-state index >= 15 is 0 Å². The zero-order valence-electron chi connectivity index (χ0n) is 12.2. The van der Waals surface area contributed by atoms with Crippen LogP contribution in [-0.2, 0) is 14.6 Å². The number of rotatable bonds is 3. The maximum absolute atomic E-state index is 12.6. The molecule has 1 aromatic carbocycles. The van der Waals surface area contributed by atoms with Crippen LogP contribution in [0.1, 0.15) is 26.7 Å². The average molecular weight is 325 g/mol. The number of nitrogens with zero attached hydrogens (tertiary/aromatic N) is 1. The highest BCUT2D eigenvalue weighted by molar-refractivity contribution is 7.93. The molecule has 1 aliphatic rings. The van der Waals surface area contributed by atoms with Crippen molar-refractivity contribution in [3.05, 3.63) is 24.3 Å². The number of hydrogen-bond donors (Lipinski definition) is 0. The van der Waals surface area contributed by atoms with Gasteiger partial charge in [0.25, 0.3) is 0 Å². The van der Waals surface area contributed by atoms with Gasteiger partial charge in [0, 0.05) is 6.61 Å². The molecule has 2 aromatic rings. The van der Waals surface area contributed by atoms with Gasteiger partial charge in [0.15, 0.2) is 0 Å². The highest BCUT2D eigenvalue weighted by Crippen LogP contribution is 2.32. The molecule has 6 heteroatoms. The lowest BCUT2D eigenvalue weighted by molar-refractivity contribution is -0.0685. The van der Waals surface area contributed by atoms with E-state index in [0.717, 1.165) is 23.1 Å². The predicted molar refractivity (Wildman–Crippen MR) is 84.4 cm³/mol. The molecular formula is C15H19NO3S2. The molecule has 1 atom stereocenters. The summed E-state index contributed by atoms with van der Waals surface area (Å²) >= 11 is 1.26. The third-order valence-corrected chi connectivity index (χ3v) is 7.17. The highest BCUT2D eigenvalue weighted by Gasteiger charge is 2.33. The average Bonchev–Trinajstić information content (AvgIpc) is 2.81. The summed E-state index contributed by atoms with van der Waals surface area (Å²) in [5.41, 5.74) is 0.528. The quantitative estimate of drug-likeness (QED) is 0.869. The minimum Gasteiger partial charge on any atom is -0.376 e. The summed E-state index contributed by atoms with van der Waals surface area (Å²) in [4.78, 5) is 4.29. The lowest BCUT2D eigenvalue weighted by Gasteiger charge is -2.35. The Kier molecular flexibility index (Phi) is 3.80. The van der Waals surface area contributed by atoms with Crippen molar-refractivity contribution in [1.29, 1.82) is 0 Å². The molecule has 1 unspecified atom stereocenters. The molecule has 2 heterocycles. The third kappa shape index (κ3) is 3.27. The lowest BCUT2D eigenvalue weighted by atomic mass is 9.90. The number of benzene rings is 1. The highest BCUT2D eigenvalue weighted by atomic mass is 32.2. The maximum Gasteiger partial charge on any atom is 0.210 e. The van der Waals surface area contributed by atoms with Crippen LogP contribution in [0.4, 0.5) is 0 Å². The summed E-state index contributed by atoms with van der Waals surface area (Å²) in [5, 5.41) is 0. The van der Waals surface area contributed by atoms with Gasteiger partial charge in [-0.3, -0.25) is 0 Å². The lowest BCUT2D eigenvalue weighted by Crippen LogP contribution is -2.36. The molecule has 0 spiro atoms.